The van der Waals surface area contributed by atoms with E-state index in [1.54, 1.807) is 38.1 Å². The fourth-order valence-corrected chi connectivity index (χ4v) is 4.93. The largest absolute Gasteiger partial charge is 0.497 e. The number of alkyl halides is 3. The molecule has 2 aromatic carbocycles. The van der Waals surface area contributed by atoms with Crippen LogP contribution in [0.5, 0.6) is 5.75 Å². The van der Waals surface area contributed by atoms with Gasteiger partial charge in [-0.3, -0.25) is 13.9 Å². The third-order valence-electron chi connectivity index (χ3n) is 6.10. The summed E-state index contributed by atoms with van der Waals surface area (Å²) in [6.45, 7) is 4.42. The van der Waals surface area contributed by atoms with Crippen molar-refractivity contribution >= 4 is 39.1 Å². The van der Waals surface area contributed by atoms with E-state index in [0.29, 0.717) is 28.1 Å². The van der Waals surface area contributed by atoms with Crippen molar-refractivity contribution in [1.29, 1.82) is 0 Å². The van der Waals surface area contributed by atoms with Crippen LogP contribution in [0.2, 0.25) is 5.02 Å². The normalized spacial score (nSPS) is 13.4. The van der Waals surface area contributed by atoms with Gasteiger partial charge in [0.2, 0.25) is 21.8 Å². The number of carbonyl (C=O) groups excluding carboxylic acids is 2. The summed E-state index contributed by atoms with van der Waals surface area (Å²) in [5, 5.41) is 2.55. The monoisotopic (exact) mass is 591 g/mol. The second-order valence-corrected chi connectivity index (χ2v) is 11.4. The van der Waals surface area contributed by atoms with Gasteiger partial charge in [-0.25, -0.2) is 8.42 Å². The number of nitrogens with one attached hydrogen (secondary N) is 1. The number of benzene rings is 2. The maximum absolute atomic E-state index is 13.7. The highest BCUT2D eigenvalue weighted by Crippen LogP contribution is 2.36. The van der Waals surface area contributed by atoms with Crippen LogP contribution < -0.4 is 14.4 Å². The average Bonchev–Trinajstić information content (AvgIpc) is 2.86. The number of nitrogens with zero attached hydrogens (tertiary/aromatic N) is 2. The lowest BCUT2D eigenvalue weighted by Gasteiger charge is -2.33. The zero-order chi connectivity index (χ0) is 29.5. The van der Waals surface area contributed by atoms with Gasteiger partial charge in [-0.05, 0) is 55.7 Å². The second-order valence-electron chi connectivity index (χ2n) is 9.05. The number of methoxy groups -OCH3 is 1. The van der Waals surface area contributed by atoms with Gasteiger partial charge in [0.25, 0.3) is 0 Å². The third kappa shape index (κ3) is 8.76. The van der Waals surface area contributed by atoms with E-state index in [1.165, 1.54) is 12.0 Å². The van der Waals surface area contributed by atoms with Gasteiger partial charge in [0.15, 0.2) is 0 Å². The number of hydrogen-bond donors (Lipinski definition) is 1. The van der Waals surface area contributed by atoms with Gasteiger partial charge in [-0.1, -0.05) is 37.6 Å². The fraction of sp³-hybridized carbons (Fsp3) is 0.462. The van der Waals surface area contributed by atoms with Crippen molar-refractivity contribution in [3.8, 4) is 5.75 Å². The van der Waals surface area contributed by atoms with Gasteiger partial charge in [-0.2, -0.15) is 13.2 Å². The Labute approximate surface area is 232 Å². The Hall–Kier alpha value is -2.99. The summed E-state index contributed by atoms with van der Waals surface area (Å²) in [7, 11) is -2.81. The molecule has 0 heterocycles. The molecule has 0 spiro atoms. The van der Waals surface area contributed by atoms with Crippen LogP contribution in [0, 0.1) is 0 Å². The Morgan fingerprint density at radius 1 is 1.10 bits per heavy atom. The molecule has 0 bridgehead atoms. The average molecular weight is 592 g/mol. The van der Waals surface area contributed by atoms with Gasteiger partial charge in [0.05, 0.1) is 29.6 Å². The molecule has 0 saturated heterocycles. The summed E-state index contributed by atoms with van der Waals surface area (Å²) < 4.78 is 71.4. The molecular weight excluding hydrogens is 559 g/mol. The van der Waals surface area contributed by atoms with E-state index in [2.05, 4.69) is 5.32 Å². The molecule has 0 aliphatic carbocycles. The standard InChI is InChI=1S/C26H33ClF3N3O5S/c1-6-17(3)31-25(35)22(7-2)32(15-18-9-8-10-20(13-18)38-4)24(34)16-33(39(5,36)37)23-14-19(26(28,29)30)11-12-21(23)27/h8-14,17,22H,6-7,15-16H2,1-5H3,(H,31,35). The summed E-state index contributed by atoms with van der Waals surface area (Å²) in [4.78, 5) is 28.1. The highest BCUT2D eigenvalue weighted by atomic mass is 35.5. The van der Waals surface area contributed by atoms with Crippen molar-refractivity contribution in [2.24, 2.45) is 0 Å². The molecule has 0 saturated carbocycles. The van der Waals surface area contributed by atoms with Crippen LogP contribution in [0.3, 0.4) is 0 Å². The summed E-state index contributed by atoms with van der Waals surface area (Å²) >= 11 is 6.11. The minimum absolute atomic E-state index is 0.0869. The predicted molar refractivity (Wildman–Crippen MR) is 144 cm³/mol. The second kappa shape index (κ2) is 13.4. The lowest BCUT2D eigenvalue weighted by molar-refractivity contribution is -0.140. The molecule has 0 aromatic heterocycles. The van der Waals surface area contributed by atoms with Gasteiger partial charge in [0, 0.05) is 12.6 Å². The highest BCUT2D eigenvalue weighted by Gasteiger charge is 2.35. The van der Waals surface area contributed by atoms with Crippen LogP contribution in [-0.4, -0.2) is 57.1 Å². The van der Waals surface area contributed by atoms with Crippen molar-refractivity contribution in [3.63, 3.8) is 0 Å². The van der Waals surface area contributed by atoms with Crippen LogP contribution in [0.25, 0.3) is 0 Å². The Kier molecular flexibility index (Phi) is 11.1. The van der Waals surface area contributed by atoms with Crippen molar-refractivity contribution < 1.29 is 35.9 Å². The Morgan fingerprint density at radius 3 is 2.31 bits per heavy atom. The highest BCUT2D eigenvalue weighted by molar-refractivity contribution is 7.92. The van der Waals surface area contributed by atoms with E-state index in [-0.39, 0.29) is 24.0 Å². The predicted octanol–water partition coefficient (Wildman–Crippen LogP) is 4.86. The van der Waals surface area contributed by atoms with E-state index in [4.69, 9.17) is 16.3 Å². The molecule has 1 N–H and O–H groups in total. The number of carbonyl (C=O) groups is 2. The van der Waals surface area contributed by atoms with Crippen LogP contribution in [0.4, 0.5) is 18.9 Å². The molecule has 2 unspecified atom stereocenters. The van der Waals surface area contributed by atoms with E-state index < -0.39 is 51.9 Å². The summed E-state index contributed by atoms with van der Waals surface area (Å²) in [6, 6.07) is 7.81. The van der Waals surface area contributed by atoms with Crippen molar-refractivity contribution in [2.45, 2.75) is 58.4 Å². The first-order valence-corrected chi connectivity index (χ1v) is 14.4. The molecule has 2 aromatic rings. The van der Waals surface area contributed by atoms with Crippen LogP contribution in [0.15, 0.2) is 42.5 Å². The van der Waals surface area contributed by atoms with E-state index in [1.807, 2.05) is 6.92 Å². The Balaban J connectivity index is 2.56. The number of ether oxygens (including phenoxy) is 1. The minimum atomic E-state index is -4.77. The molecule has 8 nitrogen and oxygen atoms in total. The molecule has 2 rings (SSSR count). The maximum Gasteiger partial charge on any atom is 0.416 e. The Bertz CT molecular complexity index is 1270. The molecule has 216 valence electrons. The van der Waals surface area contributed by atoms with Gasteiger partial charge >= 0.3 is 6.18 Å². The zero-order valence-electron chi connectivity index (χ0n) is 22.4. The number of hydrogen-bond acceptors (Lipinski definition) is 5. The molecule has 0 aliphatic heterocycles. The van der Waals surface area contributed by atoms with Crippen LogP contribution in [-0.2, 0) is 32.3 Å². The molecule has 0 fully saturated rings. The number of halogens is 4. The Morgan fingerprint density at radius 2 is 1.77 bits per heavy atom. The molecule has 13 heteroatoms. The number of rotatable bonds is 12. The minimum Gasteiger partial charge on any atom is -0.497 e. The molecule has 39 heavy (non-hydrogen) atoms. The first-order chi connectivity index (χ1) is 18.1. The lowest BCUT2D eigenvalue weighted by Crippen LogP contribution is -2.53. The van der Waals surface area contributed by atoms with Crippen molar-refractivity contribution in [3.05, 3.63) is 58.6 Å². The molecule has 2 atom stereocenters. The fourth-order valence-electron chi connectivity index (χ4n) is 3.80. The quantitative estimate of drug-likeness (QED) is 0.380. The maximum atomic E-state index is 13.7. The first-order valence-electron chi connectivity index (χ1n) is 12.2. The van der Waals surface area contributed by atoms with Crippen LogP contribution in [0.1, 0.15) is 44.7 Å². The molecule has 0 aliphatic rings. The van der Waals surface area contributed by atoms with Crippen molar-refractivity contribution in [2.75, 3.05) is 24.2 Å². The number of sulfonamides is 1. The van der Waals surface area contributed by atoms with Gasteiger partial charge in [-0.15, -0.1) is 0 Å². The summed E-state index contributed by atoms with van der Waals surface area (Å²) in [6.07, 6.45) is -3.18. The lowest BCUT2D eigenvalue weighted by atomic mass is 10.1. The van der Waals surface area contributed by atoms with E-state index in [0.717, 1.165) is 18.4 Å². The van der Waals surface area contributed by atoms with Gasteiger partial charge in [0.1, 0.15) is 18.3 Å². The molecule has 0 radical (unpaired) electrons. The summed E-state index contributed by atoms with van der Waals surface area (Å²) in [5.41, 5.74) is -1.03. The topological polar surface area (TPSA) is 96.0 Å². The van der Waals surface area contributed by atoms with Crippen molar-refractivity contribution in [1.82, 2.24) is 10.2 Å². The van der Waals surface area contributed by atoms with Crippen LogP contribution >= 0.6 is 11.6 Å². The van der Waals surface area contributed by atoms with E-state index in [9.17, 15) is 31.2 Å². The molecular formula is C26H33ClF3N3O5S. The zero-order valence-corrected chi connectivity index (χ0v) is 24.0. The SMILES string of the molecule is CCC(C)NC(=O)C(CC)N(Cc1cccc(OC)c1)C(=O)CN(c1cc(C(F)(F)F)ccc1Cl)S(C)(=O)=O. The third-order valence-corrected chi connectivity index (χ3v) is 7.54. The van der Waals surface area contributed by atoms with Gasteiger partial charge < -0.3 is 15.0 Å². The molecule has 2 amide bonds. The summed E-state index contributed by atoms with van der Waals surface area (Å²) in [5.74, 6) is -0.737. The number of anilines is 1. The number of amides is 2. The first kappa shape index (κ1) is 32.2. The smallest absolute Gasteiger partial charge is 0.416 e. The van der Waals surface area contributed by atoms with E-state index >= 15 is 0 Å².